The van der Waals surface area contributed by atoms with Crippen LogP contribution in [-0.4, -0.2) is 13.4 Å². The second kappa shape index (κ2) is 4.85. The average Bonchev–Trinajstić information content (AvgIpc) is 2.32. The highest BCUT2D eigenvalue weighted by molar-refractivity contribution is 7.92. The summed E-state index contributed by atoms with van der Waals surface area (Å²) in [6.45, 7) is 1.73. The fourth-order valence-corrected chi connectivity index (χ4v) is 2.76. The van der Waals surface area contributed by atoms with Crippen LogP contribution in [0.3, 0.4) is 0 Å². The van der Waals surface area contributed by atoms with E-state index in [1.807, 2.05) is 0 Å². The first-order chi connectivity index (χ1) is 8.90. The minimum atomic E-state index is -3.93. The van der Waals surface area contributed by atoms with Gasteiger partial charge >= 0.3 is 0 Å². The Morgan fingerprint density at radius 3 is 2.74 bits per heavy atom. The fraction of sp³-hybridized carbons (Fsp3) is 0.0833. The number of nitrogens with zero attached hydrogens (tertiary/aromatic N) is 1. The summed E-state index contributed by atoms with van der Waals surface area (Å²) in [7, 11) is -3.93. The van der Waals surface area contributed by atoms with Gasteiger partial charge < -0.3 is 5.73 Å². The first-order valence-corrected chi connectivity index (χ1v) is 6.88. The molecule has 7 heteroatoms. The van der Waals surface area contributed by atoms with Gasteiger partial charge in [-0.25, -0.2) is 12.8 Å². The van der Waals surface area contributed by atoms with Gasteiger partial charge in [-0.05, 0) is 31.2 Å². The molecule has 5 nitrogen and oxygen atoms in total. The number of aromatic nitrogens is 1. The van der Waals surface area contributed by atoms with Gasteiger partial charge in [0, 0.05) is 11.9 Å². The van der Waals surface area contributed by atoms with Crippen molar-refractivity contribution in [2.75, 3.05) is 10.5 Å². The van der Waals surface area contributed by atoms with E-state index in [0.29, 0.717) is 11.4 Å². The molecule has 2 rings (SSSR count). The van der Waals surface area contributed by atoms with Gasteiger partial charge in [-0.3, -0.25) is 9.71 Å². The Morgan fingerprint density at radius 1 is 1.32 bits per heavy atom. The number of nitrogens with one attached hydrogen (secondary N) is 1. The van der Waals surface area contributed by atoms with E-state index in [9.17, 15) is 12.8 Å². The van der Waals surface area contributed by atoms with E-state index in [1.165, 1.54) is 24.4 Å². The molecule has 0 unspecified atom stereocenters. The lowest BCUT2D eigenvalue weighted by atomic mass is 10.3. The lowest BCUT2D eigenvalue weighted by Crippen LogP contribution is -2.15. The molecule has 2 aromatic rings. The van der Waals surface area contributed by atoms with Crippen LogP contribution in [0.4, 0.5) is 15.8 Å². The summed E-state index contributed by atoms with van der Waals surface area (Å²) >= 11 is 0. The summed E-state index contributed by atoms with van der Waals surface area (Å²) in [6, 6.07) is 6.70. The Hall–Kier alpha value is -2.15. The van der Waals surface area contributed by atoms with Crippen LogP contribution in [0.15, 0.2) is 41.4 Å². The number of nitrogen functional groups attached to an aromatic ring is 1. The molecular formula is C12H12FN3O2S. The molecule has 1 aromatic heterocycles. The van der Waals surface area contributed by atoms with Crippen molar-refractivity contribution >= 4 is 21.4 Å². The van der Waals surface area contributed by atoms with Crippen LogP contribution < -0.4 is 10.5 Å². The van der Waals surface area contributed by atoms with Gasteiger partial charge in [0.15, 0.2) is 0 Å². The molecule has 0 amide bonds. The van der Waals surface area contributed by atoms with Crippen molar-refractivity contribution in [2.45, 2.75) is 11.8 Å². The predicted octanol–water partition coefficient (Wildman–Crippen LogP) is 1.91. The van der Waals surface area contributed by atoms with Crippen LogP contribution in [0.1, 0.15) is 5.69 Å². The van der Waals surface area contributed by atoms with Gasteiger partial charge in [0.05, 0.1) is 11.4 Å². The molecule has 0 atom stereocenters. The van der Waals surface area contributed by atoms with Crippen molar-refractivity contribution in [3.05, 3.63) is 48.0 Å². The number of nitrogens with two attached hydrogens (primary N) is 1. The maximum Gasteiger partial charge on any atom is 0.264 e. The van der Waals surface area contributed by atoms with Crippen LogP contribution in [0, 0.1) is 12.7 Å². The zero-order valence-electron chi connectivity index (χ0n) is 10.1. The Balaban J connectivity index is 2.41. The van der Waals surface area contributed by atoms with Gasteiger partial charge in [-0.2, -0.15) is 0 Å². The van der Waals surface area contributed by atoms with Gasteiger partial charge in [0.2, 0.25) is 0 Å². The second-order valence-corrected chi connectivity index (χ2v) is 5.59. The molecule has 0 spiro atoms. The van der Waals surface area contributed by atoms with Crippen molar-refractivity contribution in [3.63, 3.8) is 0 Å². The third-order valence-electron chi connectivity index (χ3n) is 2.45. The molecule has 1 aromatic carbocycles. The maximum atomic E-state index is 13.3. The molecular weight excluding hydrogens is 269 g/mol. The number of para-hydroxylation sites is 1. The lowest BCUT2D eigenvalue weighted by Gasteiger charge is -2.10. The topological polar surface area (TPSA) is 85.1 Å². The number of hydrogen-bond acceptors (Lipinski definition) is 4. The fourth-order valence-electron chi connectivity index (χ4n) is 1.57. The highest BCUT2D eigenvalue weighted by Crippen LogP contribution is 2.23. The molecule has 3 N–H and O–H groups in total. The smallest absolute Gasteiger partial charge is 0.264 e. The molecule has 0 aliphatic rings. The normalized spacial score (nSPS) is 11.3. The number of halogens is 1. The number of aryl methyl sites for hydroxylation is 1. The van der Waals surface area contributed by atoms with Crippen LogP contribution in [0.5, 0.6) is 0 Å². The molecule has 0 aliphatic carbocycles. The first-order valence-electron chi connectivity index (χ1n) is 5.39. The number of sulfonamides is 1. The molecule has 0 bridgehead atoms. The van der Waals surface area contributed by atoms with E-state index in [-0.39, 0.29) is 4.90 Å². The van der Waals surface area contributed by atoms with E-state index >= 15 is 0 Å². The molecule has 0 fully saturated rings. The third-order valence-corrected chi connectivity index (χ3v) is 3.89. The number of anilines is 2. The Morgan fingerprint density at radius 2 is 2.05 bits per heavy atom. The first kappa shape index (κ1) is 13.3. The second-order valence-electron chi connectivity index (χ2n) is 3.94. The van der Waals surface area contributed by atoms with E-state index in [2.05, 4.69) is 9.71 Å². The van der Waals surface area contributed by atoms with Crippen molar-refractivity contribution in [1.29, 1.82) is 0 Å². The standard InChI is InChI=1S/C12H12FN3O2S/c1-8-7-9(5-6-15-8)16-19(17,18)11-4-2-3-10(13)12(11)14/h2-7H,14H2,1H3,(H,15,16). The SMILES string of the molecule is Cc1cc(NS(=O)(=O)c2cccc(F)c2N)ccn1. The summed E-state index contributed by atoms with van der Waals surface area (Å²) < 4.78 is 39.8. The monoisotopic (exact) mass is 281 g/mol. The number of benzene rings is 1. The minimum Gasteiger partial charge on any atom is -0.395 e. The number of rotatable bonds is 3. The molecule has 0 radical (unpaired) electrons. The van der Waals surface area contributed by atoms with E-state index in [4.69, 9.17) is 5.73 Å². The maximum absolute atomic E-state index is 13.3. The van der Waals surface area contributed by atoms with Crippen LogP contribution in [0.25, 0.3) is 0 Å². The van der Waals surface area contributed by atoms with E-state index in [0.717, 1.165) is 6.07 Å². The van der Waals surface area contributed by atoms with Gasteiger partial charge in [-0.15, -0.1) is 0 Å². The van der Waals surface area contributed by atoms with Gasteiger partial charge in [0.1, 0.15) is 10.7 Å². The largest absolute Gasteiger partial charge is 0.395 e. The molecule has 1 heterocycles. The zero-order valence-corrected chi connectivity index (χ0v) is 10.9. The Labute approximate surface area is 110 Å². The van der Waals surface area contributed by atoms with Crippen molar-refractivity contribution in [3.8, 4) is 0 Å². The predicted molar refractivity (Wildman–Crippen MR) is 70.6 cm³/mol. The Kier molecular flexibility index (Phi) is 3.39. The van der Waals surface area contributed by atoms with Crippen LogP contribution >= 0.6 is 0 Å². The molecule has 0 aliphatic heterocycles. The minimum absolute atomic E-state index is 0.290. The molecule has 19 heavy (non-hydrogen) atoms. The van der Waals surface area contributed by atoms with Crippen LogP contribution in [0.2, 0.25) is 0 Å². The number of hydrogen-bond donors (Lipinski definition) is 2. The zero-order chi connectivity index (χ0) is 14.0. The number of pyridine rings is 1. The highest BCUT2D eigenvalue weighted by Gasteiger charge is 2.19. The van der Waals surface area contributed by atoms with E-state index < -0.39 is 21.5 Å². The molecule has 100 valence electrons. The highest BCUT2D eigenvalue weighted by atomic mass is 32.2. The average molecular weight is 281 g/mol. The molecule has 0 saturated heterocycles. The summed E-state index contributed by atoms with van der Waals surface area (Å²) in [5.41, 5.74) is 6.05. The van der Waals surface area contributed by atoms with Gasteiger partial charge in [-0.1, -0.05) is 6.07 Å². The third kappa shape index (κ3) is 2.82. The van der Waals surface area contributed by atoms with Crippen molar-refractivity contribution < 1.29 is 12.8 Å². The van der Waals surface area contributed by atoms with Crippen molar-refractivity contribution in [1.82, 2.24) is 4.98 Å². The summed E-state index contributed by atoms with van der Waals surface area (Å²) in [6.07, 6.45) is 1.47. The Bertz CT molecular complexity index is 717. The van der Waals surface area contributed by atoms with E-state index in [1.54, 1.807) is 13.0 Å². The quantitative estimate of drug-likeness (QED) is 0.842. The summed E-state index contributed by atoms with van der Waals surface area (Å²) in [5, 5.41) is 0. The van der Waals surface area contributed by atoms with Crippen LogP contribution in [-0.2, 0) is 10.0 Å². The van der Waals surface area contributed by atoms with Gasteiger partial charge in [0.25, 0.3) is 10.0 Å². The summed E-state index contributed by atoms with van der Waals surface area (Å²) in [4.78, 5) is 3.66. The molecule has 0 saturated carbocycles. The lowest BCUT2D eigenvalue weighted by molar-refractivity contribution is 0.597. The van der Waals surface area contributed by atoms with Crippen molar-refractivity contribution in [2.24, 2.45) is 0 Å². The summed E-state index contributed by atoms with van der Waals surface area (Å²) in [5.74, 6) is -0.770.